The maximum Gasteiger partial charge on any atom is 0.134 e. The second-order valence-corrected chi connectivity index (χ2v) is 7.09. The van der Waals surface area contributed by atoms with E-state index in [1.807, 2.05) is 0 Å². The predicted octanol–water partition coefficient (Wildman–Crippen LogP) is 6.22. The Bertz CT molecular complexity index is 1290. The first-order chi connectivity index (χ1) is 15.4. The lowest BCUT2D eigenvalue weighted by Crippen LogP contribution is -2.03. The fourth-order valence-corrected chi connectivity index (χ4v) is 3.62. The van der Waals surface area contributed by atoms with E-state index in [9.17, 15) is 13.2 Å². The van der Waals surface area contributed by atoms with Gasteiger partial charge in [-0.15, -0.1) is 5.10 Å². The lowest BCUT2D eigenvalue weighted by molar-refractivity contribution is 0.394. The summed E-state index contributed by atoms with van der Waals surface area (Å²) in [5, 5.41) is 8.43. The topological polar surface area (TPSA) is 44.2 Å². The normalized spacial score (nSPS) is 10.8. The first-order valence-corrected chi connectivity index (χ1v) is 9.74. The summed E-state index contributed by atoms with van der Waals surface area (Å²) in [5.74, 6) is -1.01. The van der Waals surface area contributed by atoms with Gasteiger partial charge in [-0.1, -0.05) is 12.1 Å². The highest BCUT2D eigenvalue weighted by Gasteiger charge is 2.23. The average molecular weight is 436 g/mol. The molecule has 4 nitrogen and oxygen atoms in total. The van der Waals surface area contributed by atoms with Crippen LogP contribution in [0.1, 0.15) is 5.69 Å². The van der Waals surface area contributed by atoms with Crippen LogP contribution in [-0.2, 0) is 0 Å². The molecule has 0 saturated heterocycles. The zero-order valence-electron chi connectivity index (χ0n) is 17.6. The molecule has 1 heterocycles. The van der Waals surface area contributed by atoms with Gasteiger partial charge in [0.2, 0.25) is 0 Å². The van der Waals surface area contributed by atoms with E-state index in [4.69, 9.17) is 9.47 Å². The number of aromatic nitrogens is 2. The third kappa shape index (κ3) is 3.89. The molecule has 0 unspecified atom stereocenters. The second-order valence-electron chi connectivity index (χ2n) is 7.09. The van der Waals surface area contributed by atoms with Gasteiger partial charge in [0, 0.05) is 34.4 Å². The molecule has 7 heteroatoms. The molecule has 3 aromatic carbocycles. The molecule has 4 aromatic rings. The second kappa shape index (κ2) is 8.70. The minimum Gasteiger partial charge on any atom is -0.497 e. The van der Waals surface area contributed by atoms with Gasteiger partial charge in [0.05, 0.1) is 19.9 Å². The van der Waals surface area contributed by atoms with E-state index in [2.05, 4.69) is 10.2 Å². The number of halogens is 3. The number of hydrogen-bond acceptors (Lipinski definition) is 4. The molecular weight excluding hydrogens is 417 g/mol. The van der Waals surface area contributed by atoms with Crippen LogP contribution in [-0.4, -0.2) is 24.4 Å². The molecule has 4 rings (SSSR count). The smallest absolute Gasteiger partial charge is 0.134 e. The van der Waals surface area contributed by atoms with Crippen LogP contribution in [0, 0.1) is 24.4 Å². The van der Waals surface area contributed by atoms with E-state index in [-0.39, 0.29) is 16.8 Å². The number of nitrogens with zero attached hydrogens (tertiary/aromatic N) is 2. The average Bonchev–Trinajstić information content (AvgIpc) is 2.79. The standard InChI is InChI=1S/C25H19F3N2O2/c1-14-23(19-9-8-16(26)12-22(19)28)24(15-10-17(31-2)13-18(11-15)32-3)25(30-29-14)20-6-4-5-7-21(20)27/h4-13H,1-3H3. The third-order valence-electron chi connectivity index (χ3n) is 5.12. The van der Waals surface area contributed by atoms with E-state index in [1.165, 1.54) is 26.4 Å². The molecule has 0 amide bonds. The van der Waals surface area contributed by atoms with Crippen molar-refractivity contribution in [2.24, 2.45) is 0 Å². The van der Waals surface area contributed by atoms with Crippen molar-refractivity contribution in [3.05, 3.63) is 83.8 Å². The highest BCUT2D eigenvalue weighted by Crippen LogP contribution is 2.43. The van der Waals surface area contributed by atoms with Crippen LogP contribution in [0.25, 0.3) is 33.5 Å². The van der Waals surface area contributed by atoms with Gasteiger partial charge in [-0.25, -0.2) is 13.2 Å². The molecule has 32 heavy (non-hydrogen) atoms. The molecule has 0 saturated carbocycles. The number of aryl methyl sites for hydroxylation is 1. The van der Waals surface area contributed by atoms with Crippen LogP contribution in [0.5, 0.6) is 11.5 Å². The number of rotatable bonds is 5. The van der Waals surface area contributed by atoms with Gasteiger partial charge in [-0.05, 0) is 48.9 Å². The lowest BCUT2D eigenvalue weighted by atomic mass is 9.89. The van der Waals surface area contributed by atoms with Gasteiger partial charge in [-0.2, -0.15) is 5.10 Å². The number of methoxy groups -OCH3 is 2. The van der Waals surface area contributed by atoms with Gasteiger partial charge in [-0.3, -0.25) is 0 Å². The summed E-state index contributed by atoms with van der Waals surface area (Å²) in [4.78, 5) is 0. The SMILES string of the molecule is COc1cc(OC)cc(-c2c(-c3ccccc3F)nnc(C)c2-c2ccc(F)cc2F)c1. The maximum absolute atomic E-state index is 14.9. The van der Waals surface area contributed by atoms with Crippen LogP contribution in [0.15, 0.2) is 60.7 Å². The molecule has 162 valence electrons. The Hall–Kier alpha value is -3.87. The molecule has 0 bridgehead atoms. The van der Waals surface area contributed by atoms with Crippen LogP contribution in [0.3, 0.4) is 0 Å². The van der Waals surface area contributed by atoms with Crippen LogP contribution in [0.4, 0.5) is 13.2 Å². The van der Waals surface area contributed by atoms with Crippen LogP contribution < -0.4 is 9.47 Å². The van der Waals surface area contributed by atoms with Gasteiger partial charge in [0.1, 0.15) is 34.6 Å². The van der Waals surface area contributed by atoms with Gasteiger partial charge in [0.25, 0.3) is 0 Å². The third-order valence-corrected chi connectivity index (χ3v) is 5.12. The predicted molar refractivity (Wildman–Crippen MR) is 116 cm³/mol. The van der Waals surface area contributed by atoms with E-state index in [0.717, 1.165) is 12.1 Å². The summed E-state index contributed by atoms with van der Waals surface area (Å²) >= 11 is 0. The number of hydrogen-bond donors (Lipinski definition) is 0. The monoisotopic (exact) mass is 436 g/mol. The van der Waals surface area contributed by atoms with Gasteiger partial charge >= 0.3 is 0 Å². The van der Waals surface area contributed by atoms with E-state index in [1.54, 1.807) is 43.3 Å². The van der Waals surface area contributed by atoms with Crippen molar-refractivity contribution < 1.29 is 22.6 Å². The van der Waals surface area contributed by atoms with Gasteiger partial charge < -0.3 is 9.47 Å². The van der Waals surface area contributed by atoms with Crippen molar-refractivity contribution >= 4 is 0 Å². The Balaban J connectivity index is 2.14. The summed E-state index contributed by atoms with van der Waals surface area (Å²) in [7, 11) is 3.01. The quantitative estimate of drug-likeness (QED) is 0.373. The molecule has 0 atom stereocenters. The van der Waals surface area contributed by atoms with E-state index >= 15 is 0 Å². The summed E-state index contributed by atoms with van der Waals surface area (Å²) in [6, 6.07) is 14.5. The number of ether oxygens (including phenoxy) is 2. The van der Waals surface area contributed by atoms with Crippen molar-refractivity contribution in [3.8, 4) is 45.0 Å². The van der Waals surface area contributed by atoms with E-state index in [0.29, 0.717) is 33.9 Å². The molecule has 0 aliphatic rings. The highest BCUT2D eigenvalue weighted by molar-refractivity contribution is 5.94. The minimum absolute atomic E-state index is 0.119. The lowest BCUT2D eigenvalue weighted by Gasteiger charge is -2.18. The Morgan fingerprint density at radius 3 is 2.00 bits per heavy atom. The Kier molecular flexibility index (Phi) is 5.81. The van der Waals surface area contributed by atoms with E-state index < -0.39 is 17.5 Å². The van der Waals surface area contributed by atoms with Crippen molar-refractivity contribution in [2.75, 3.05) is 14.2 Å². The molecule has 1 aromatic heterocycles. The van der Waals surface area contributed by atoms with Crippen molar-refractivity contribution in [1.82, 2.24) is 10.2 Å². The van der Waals surface area contributed by atoms with Crippen molar-refractivity contribution in [2.45, 2.75) is 6.92 Å². The minimum atomic E-state index is -0.767. The fraction of sp³-hybridized carbons (Fsp3) is 0.120. The summed E-state index contributed by atoms with van der Waals surface area (Å²) < 4.78 is 54.1. The molecule has 0 N–H and O–H groups in total. The molecule has 0 radical (unpaired) electrons. The molecule has 0 spiro atoms. The first-order valence-electron chi connectivity index (χ1n) is 9.74. The molecule has 0 aliphatic carbocycles. The molecular formula is C25H19F3N2O2. The van der Waals surface area contributed by atoms with Gasteiger partial charge in [0.15, 0.2) is 0 Å². The number of benzene rings is 3. The summed E-state index contributed by atoms with van der Waals surface area (Å²) in [5.41, 5.74) is 2.26. The molecule has 0 fully saturated rings. The zero-order valence-corrected chi connectivity index (χ0v) is 17.6. The zero-order chi connectivity index (χ0) is 22.8. The summed E-state index contributed by atoms with van der Waals surface area (Å²) in [6.45, 7) is 1.66. The first kappa shape index (κ1) is 21.4. The fourth-order valence-electron chi connectivity index (χ4n) is 3.62. The Labute approximate surface area is 183 Å². The van der Waals surface area contributed by atoms with Crippen molar-refractivity contribution in [3.63, 3.8) is 0 Å². The maximum atomic E-state index is 14.9. The highest BCUT2D eigenvalue weighted by atomic mass is 19.1. The molecule has 0 aliphatic heterocycles. The Morgan fingerprint density at radius 2 is 1.38 bits per heavy atom. The largest absolute Gasteiger partial charge is 0.497 e. The Morgan fingerprint density at radius 1 is 0.688 bits per heavy atom. The van der Waals surface area contributed by atoms with Crippen LogP contribution >= 0.6 is 0 Å². The van der Waals surface area contributed by atoms with Crippen LogP contribution in [0.2, 0.25) is 0 Å². The van der Waals surface area contributed by atoms with Crippen molar-refractivity contribution in [1.29, 1.82) is 0 Å². The summed E-state index contributed by atoms with van der Waals surface area (Å²) in [6.07, 6.45) is 0.